The molecule has 234 valence electrons. The molecule has 9 aromatic rings. The molecule has 5 heterocycles. The van der Waals surface area contributed by atoms with Crippen LogP contribution in [0.4, 0.5) is 0 Å². The van der Waals surface area contributed by atoms with Crippen molar-refractivity contribution in [3.05, 3.63) is 133 Å². The van der Waals surface area contributed by atoms with Gasteiger partial charge in [0.1, 0.15) is 28.5 Å². The minimum atomic E-state index is 0.345. The van der Waals surface area contributed by atoms with Crippen LogP contribution in [0.15, 0.2) is 122 Å². The number of H-pyrrole nitrogens is 1. The van der Waals surface area contributed by atoms with Crippen LogP contribution in [-0.4, -0.2) is 23.9 Å². The zero-order chi connectivity index (χ0) is 32.5. The smallest absolute Gasteiger partial charge is 0.375 e. The lowest BCUT2D eigenvalue weighted by molar-refractivity contribution is -0.542. The maximum Gasteiger partial charge on any atom is 0.375 e. The van der Waals surface area contributed by atoms with E-state index in [4.69, 9.17) is 9.72 Å². The molecule has 7 heteroatoms. The Morgan fingerprint density at radius 2 is 1.35 bits per heavy atom. The lowest BCUT2D eigenvalue weighted by atomic mass is 9.92. The summed E-state index contributed by atoms with van der Waals surface area (Å²) in [7, 11) is 0. The van der Waals surface area contributed by atoms with E-state index in [1.807, 2.05) is 36.7 Å². The highest BCUT2D eigenvalue weighted by Crippen LogP contribution is 2.36. The monoisotopic (exact) mass is 627 g/mol. The normalized spacial score (nSPS) is 12.1. The van der Waals surface area contributed by atoms with Crippen LogP contribution in [0, 0.1) is 0 Å². The molecule has 0 saturated heterocycles. The fraction of sp³-hybridized carbons (Fsp3) is 0.146. The van der Waals surface area contributed by atoms with Crippen molar-refractivity contribution in [3.8, 4) is 23.0 Å². The quantitative estimate of drug-likeness (QED) is 0.187. The minimum Gasteiger partial charge on any atom is -0.457 e. The summed E-state index contributed by atoms with van der Waals surface area (Å²) in [5.41, 5.74) is 9.96. The van der Waals surface area contributed by atoms with Gasteiger partial charge in [-0.15, -0.1) is 0 Å². The Hall–Kier alpha value is -5.95. The van der Waals surface area contributed by atoms with E-state index in [-0.39, 0.29) is 0 Å². The lowest BCUT2D eigenvalue weighted by Gasteiger charge is -2.18. The number of hydrogen-bond acceptors (Lipinski definition) is 3. The molecule has 0 aliphatic carbocycles. The predicted molar refractivity (Wildman–Crippen MR) is 193 cm³/mol. The van der Waals surface area contributed by atoms with Gasteiger partial charge in [-0.3, -0.25) is 4.57 Å². The number of nitrogens with zero attached hydrogens (tertiary/aromatic N) is 5. The number of nitrogens with one attached hydrogen (secondary N) is 1. The number of fused-ring (bicyclic) bond motifs is 8. The highest BCUT2D eigenvalue weighted by atomic mass is 16.5. The number of pyridine rings is 2. The maximum atomic E-state index is 6.67. The third-order valence-corrected chi connectivity index (χ3v) is 9.42. The molecule has 0 fully saturated rings. The van der Waals surface area contributed by atoms with E-state index in [0.717, 1.165) is 61.7 Å². The molecular formula is C41H35N6O+. The average Bonchev–Trinajstić information content (AvgIpc) is 3.74. The Balaban J connectivity index is 1.25. The second-order valence-corrected chi connectivity index (χ2v) is 13.1. The molecule has 9 rings (SSSR count). The number of imidazole rings is 2. The van der Waals surface area contributed by atoms with Crippen molar-refractivity contribution >= 4 is 49.8 Å². The Bertz CT molecular complexity index is 2630. The van der Waals surface area contributed by atoms with Gasteiger partial charge < -0.3 is 4.74 Å². The van der Waals surface area contributed by atoms with E-state index in [2.05, 4.69) is 136 Å². The van der Waals surface area contributed by atoms with Gasteiger partial charge in [-0.2, -0.15) is 8.97 Å². The van der Waals surface area contributed by atoms with Crippen molar-refractivity contribution in [2.24, 2.45) is 0 Å². The molecule has 4 aromatic carbocycles. The average molecular weight is 628 g/mol. The topological polar surface area (TPSA) is 64.0 Å². The number of ether oxygens (including phenoxy) is 1. The molecule has 0 aliphatic heterocycles. The van der Waals surface area contributed by atoms with E-state index in [1.165, 1.54) is 22.2 Å². The van der Waals surface area contributed by atoms with Gasteiger partial charge >= 0.3 is 5.78 Å². The van der Waals surface area contributed by atoms with E-state index in [1.54, 1.807) is 0 Å². The number of benzene rings is 4. The maximum absolute atomic E-state index is 6.67. The fourth-order valence-electron chi connectivity index (χ4n) is 7.26. The van der Waals surface area contributed by atoms with Gasteiger partial charge in [-0.05, 0) is 77.6 Å². The van der Waals surface area contributed by atoms with Gasteiger partial charge in [0.05, 0.1) is 11.0 Å². The van der Waals surface area contributed by atoms with E-state index < -0.39 is 0 Å². The summed E-state index contributed by atoms with van der Waals surface area (Å²) in [5.74, 6) is 4.03. The minimum absolute atomic E-state index is 0.345. The molecular weight excluding hydrogens is 592 g/mol. The van der Waals surface area contributed by atoms with Crippen LogP contribution in [0.3, 0.4) is 0 Å². The number of aromatic nitrogens is 6. The second-order valence-electron chi connectivity index (χ2n) is 13.1. The first-order chi connectivity index (χ1) is 23.5. The van der Waals surface area contributed by atoms with Crippen LogP contribution in [0.2, 0.25) is 0 Å². The summed E-state index contributed by atoms with van der Waals surface area (Å²) in [6.45, 7) is 9.06. The van der Waals surface area contributed by atoms with Crippen LogP contribution < -0.4 is 9.30 Å². The number of hydrogen-bond donors (Lipinski definition) is 1. The molecule has 0 spiro atoms. The third kappa shape index (κ3) is 4.24. The molecule has 48 heavy (non-hydrogen) atoms. The zero-order valence-electron chi connectivity index (χ0n) is 27.3. The summed E-state index contributed by atoms with van der Waals surface area (Å²) in [6.07, 6.45) is 3.68. The second kappa shape index (κ2) is 10.8. The molecule has 0 radical (unpaired) electrons. The van der Waals surface area contributed by atoms with Crippen LogP contribution in [0.5, 0.6) is 11.5 Å². The fourth-order valence-corrected chi connectivity index (χ4v) is 7.26. The molecule has 0 aliphatic rings. The largest absolute Gasteiger partial charge is 0.457 e. The van der Waals surface area contributed by atoms with Crippen molar-refractivity contribution in [1.82, 2.24) is 23.9 Å². The molecule has 0 amide bonds. The summed E-state index contributed by atoms with van der Waals surface area (Å²) >= 11 is 0. The zero-order valence-corrected chi connectivity index (χ0v) is 27.3. The van der Waals surface area contributed by atoms with Gasteiger partial charge in [-0.25, -0.2) is 15.0 Å². The van der Waals surface area contributed by atoms with E-state index in [0.29, 0.717) is 11.8 Å². The van der Waals surface area contributed by atoms with Crippen LogP contribution in [0.25, 0.3) is 61.3 Å². The first kappa shape index (κ1) is 28.3. The molecule has 1 N–H and O–H groups in total. The molecule has 0 saturated carbocycles. The Morgan fingerprint density at radius 3 is 2.12 bits per heavy atom. The van der Waals surface area contributed by atoms with E-state index >= 15 is 0 Å². The van der Waals surface area contributed by atoms with Crippen LogP contribution in [-0.2, 0) is 0 Å². The summed E-state index contributed by atoms with van der Waals surface area (Å²) in [6, 6.07) is 37.9. The Labute approximate surface area is 277 Å². The first-order valence-corrected chi connectivity index (χ1v) is 16.6. The standard InChI is InChI=1S/C41H34N6O/c1-25(2)29-12-9-13-30(26(3)4)39(29)46-35-20-18-28(24-37(35)47-40-33(44-41(46)47)14-10-22-43-40)48-27-17-19-32-31-11-5-6-15-34(31)45(36(32)23-27)38-16-7-8-21-42-38/h5-26H,1-4H3/p+1. The van der Waals surface area contributed by atoms with Crippen LogP contribution in [0.1, 0.15) is 50.7 Å². The summed E-state index contributed by atoms with van der Waals surface area (Å²) in [4.78, 5) is 13.2. The Morgan fingerprint density at radius 1 is 0.646 bits per heavy atom. The molecule has 0 bridgehead atoms. The van der Waals surface area contributed by atoms with Crippen molar-refractivity contribution in [2.45, 2.75) is 39.5 Å². The number of aromatic amines is 1. The van der Waals surface area contributed by atoms with Gasteiger partial charge in [0, 0.05) is 35.3 Å². The Kier molecular flexibility index (Phi) is 6.37. The van der Waals surface area contributed by atoms with Gasteiger partial charge in [0.25, 0.3) is 0 Å². The van der Waals surface area contributed by atoms with Crippen LogP contribution >= 0.6 is 0 Å². The van der Waals surface area contributed by atoms with Crippen molar-refractivity contribution in [2.75, 3.05) is 0 Å². The molecule has 0 atom stereocenters. The predicted octanol–water partition coefficient (Wildman–Crippen LogP) is 9.78. The molecule has 5 aromatic heterocycles. The molecule has 7 nitrogen and oxygen atoms in total. The SMILES string of the molecule is CC(C)c1cccc(C(C)C)c1-[n+]1c2ccc(Oc3ccc4c5ccccc5n(-c5ccccn5)c4c3)cc2n2c3ncccc3[nH]c21. The highest BCUT2D eigenvalue weighted by Gasteiger charge is 2.29. The van der Waals surface area contributed by atoms with Crippen molar-refractivity contribution < 1.29 is 9.30 Å². The van der Waals surface area contributed by atoms with Gasteiger partial charge in [-0.1, -0.05) is 70.2 Å². The number of rotatable bonds is 6. The summed E-state index contributed by atoms with van der Waals surface area (Å²) in [5, 5.41) is 2.34. The van der Waals surface area contributed by atoms with Gasteiger partial charge in [0.15, 0.2) is 11.0 Å². The van der Waals surface area contributed by atoms with E-state index in [9.17, 15) is 0 Å². The highest BCUT2D eigenvalue weighted by molar-refractivity contribution is 6.09. The summed E-state index contributed by atoms with van der Waals surface area (Å²) < 4.78 is 13.5. The van der Waals surface area contributed by atoms with Crippen molar-refractivity contribution in [3.63, 3.8) is 0 Å². The first-order valence-electron chi connectivity index (χ1n) is 16.6. The third-order valence-electron chi connectivity index (χ3n) is 9.42. The molecule has 0 unspecified atom stereocenters. The number of para-hydroxylation sites is 2. The van der Waals surface area contributed by atoms with Gasteiger partial charge in [0.2, 0.25) is 5.65 Å². The van der Waals surface area contributed by atoms with Crippen molar-refractivity contribution in [1.29, 1.82) is 0 Å². The lowest BCUT2D eigenvalue weighted by Crippen LogP contribution is -2.34.